The summed E-state index contributed by atoms with van der Waals surface area (Å²) in [6.45, 7) is 3.29. The van der Waals surface area contributed by atoms with Gasteiger partial charge in [-0.25, -0.2) is 4.68 Å². The molecule has 0 saturated heterocycles. The first-order valence-electron chi connectivity index (χ1n) is 11.0. The highest BCUT2D eigenvalue weighted by Gasteiger charge is 2.19. The van der Waals surface area contributed by atoms with E-state index in [0.717, 1.165) is 0 Å². The number of rotatable bonds is 6. The summed E-state index contributed by atoms with van der Waals surface area (Å²) in [6.07, 6.45) is 0. The maximum absolute atomic E-state index is 13.1. The normalized spacial score (nSPS) is 10.6. The SMILES string of the molecule is Cc1cc(C(=O)Nc2cccc(C(=O)Nc3c(C)n(C)n(-c4ccccc4)c3=O)c2)ccc1[N+](=O)[O-]. The molecular formula is C26H23N5O5. The van der Waals surface area contributed by atoms with Gasteiger partial charge in [-0.2, -0.15) is 0 Å². The Labute approximate surface area is 205 Å². The molecule has 1 heterocycles. The lowest BCUT2D eigenvalue weighted by Gasteiger charge is -2.09. The van der Waals surface area contributed by atoms with Crippen molar-refractivity contribution in [3.8, 4) is 5.69 Å². The van der Waals surface area contributed by atoms with Crippen molar-refractivity contribution in [2.24, 2.45) is 7.05 Å². The average Bonchev–Trinajstić information content (AvgIpc) is 3.07. The number of aromatic nitrogens is 2. The lowest BCUT2D eigenvalue weighted by molar-refractivity contribution is -0.385. The van der Waals surface area contributed by atoms with Crippen LogP contribution in [0.25, 0.3) is 5.69 Å². The number of carbonyl (C=O) groups is 2. The number of nitro groups is 1. The summed E-state index contributed by atoms with van der Waals surface area (Å²) >= 11 is 0. The predicted molar refractivity (Wildman–Crippen MR) is 136 cm³/mol. The number of benzene rings is 3. The van der Waals surface area contributed by atoms with Crippen molar-refractivity contribution in [2.45, 2.75) is 13.8 Å². The average molecular weight is 486 g/mol. The number of hydrogen-bond acceptors (Lipinski definition) is 5. The molecule has 0 saturated carbocycles. The first-order chi connectivity index (χ1) is 17.2. The second-order valence-electron chi connectivity index (χ2n) is 8.18. The monoisotopic (exact) mass is 485 g/mol. The molecule has 0 bridgehead atoms. The molecule has 0 atom stereocenters. The van der Waals surface area contributed by atoms with Crippen LogP contribution in [0.2, 0.25) is 0 Å². The van der Waals surface area contributed by atoms with Crippen molar-refractivity contribution in [1.29, 1.82) is 0 Å². The molecule has 0 radical (unpaired) electrons. The molecule has 182 valence electrons. The summed E-state index contributed by atoms with van der Waals surface area (Å²) in [5.74, 6) is -0.988. The Hall–Kier alpha value is -4.99. The van der Waals surface area contributed by atoms with Crippen LogP contribution in [0.5, 0.6) is 0 Å². The molecule has 0 fully saturated rings. The van der Waals surface area contributed by atoms with E-state index in [-0.39, 0.29) is 28.1 Å². The van der Waals surface area contributed by atoms with Gasteiger partial charge in [0.25, 0.3) is 23.1 Å². The van der Waals surface area contributed by atoms with E-state index in [1.54, 1.807) is 55.9 Å². The second-order valence-corrected chi connectivity index (χ2v) is 8.18. The second kappa shape index (κ2) is 9.71. The van der Waals surface area contributed by atoms with Crippen LogP contribution < -0.4 is 16.2 Å². The third-order valence-corrected chi connectivity index (χ3v) is 5.83. The van der Waals surface area contributed by atoms with Crippen LogP contribution in [-0.2, 0) is 7.05 Å². The number of nitro benzene ring substituents is 1. The molecule has 0 aliphatic heterocycles. The highest BCUT2D eigenvalue weighted by molar-refractivity contribution is 6.07. The van der Waals surface area contributed by atoms with Crippen LogP contribution in [0, 0.1) is 24.0 Å². The molecule has 0 unspecified atom stereocenters. The Kier molecular flexibility index (Phi) is 6.51. The Bertz CT molecular complexity index is 1550. The third-order valence-electron chi connectivity index (χ3n) is 5.83. The Morgan fingerprint density at radius 3 is 2.19 bits per heavy atom. The highest BCUT2D eigenvalue weighted by Crippen LogP contribution is 2.21. The van der Waals surface area contributed by atoms with E-state index < -0.39 is 16.7 Å². The molecule has 10 heteroatoms. The van der Waals surface area contributed by atoms with Gasteiger partial charge in [0.2, 0.25) is 0 Å². The number of carbonyl (C=O) groups excluding carboxylic acids is 2. The van der Waals surface area contributed by atoms with Crippen molar-refractivity contribution in [3.05, 3.63) is 116 Å². The fourth-order valence-corrected chi connectivity index (χ4v) is 3.84. The van der Waals surface area contributed by atoms with Gasteiger partial charge in [-0.15, -0.1) is 0 Å². The van der Waals surface area contributed by atoms with E-state index in [9.17, 15) is 24.5 Å². The molecular weight excluding hydrogens is 462 g/mol. The van der Waals surface area contributed by atoms with Crippen molar-refractivity contribution < 1.29 is 14.5 Å². The van der Waals surface area contributed by atoms with Gasteiger partial charge in [-0.1, -0.05) is 24.3 Å². The molecule has 4 rings (SSSR count). The Balaban J connectivity index is 1.55. The quantitative estimate of drug-likeness (QED) is 0.312. The van der Waals surface area contributed by atoms with Crippen molar-refractivity contribution in [3.63, 3.8) is 0 Å². The number of para-hydroxylation sites is 1. The molecule has 3 aromatic carbocycles. The van der Waals surface area contributed by atoms with Crippen LogP contribution >= 0.6 is 0 Å². The van der Waals surface area contributed by atoms with Gasteiger partial charge in [0.15, 0.2) is 0 Å². The van der Waals surface area contributed by atoms with Gasteiger partial charge in [-0.05, 0) is 56.3 Å². The molecule has 1 aromatic heterocycles. The lowest BCUT2D eigenvalue weighted by atomic mass is 10.1. The van der Waals surface area contributed by atoms with Gasteiger partial charge < -0.3 is 10.6 Å². The number of amides is 2. The zero-order valence-electron chi connectivity index (χ0n) is 19.8. The molecule has 0 aliphatic carbocycles. The number of hydrogen-bond donors (Lipinski definition) is 2. The summed E-state index contributed by atoms with van der Waals surface area (Å²) < 4.78 is 3.13. The van der Waals surface area contributed by atoms with E-state index in [0.29, 0.717) is 22.6 Å². The topological polar surface area (TPSA) is 128 Å². The van der Waals surface area contributed by atoms with Gasteiger partial charge >= 0.3 is 0 Å². The zero-order valence-corrected chi connectivity index (χ0v) is 19.8. The maximum Gasteiger partial charge on any atom is 0.295 e. The summed E-state index contributed by atoms with van der Waals surface area (Å²) in [5, 5.41) is 16.4. The Morgan fingerprint density at radius 1 is 0.861 bits per heavy atom. The molecule has 2 N–H and O–H groups in total. The van der Waals surface area contributed by atoms with E-state index in [2.05, 4.69) is 10.6 Å². The van der Waals surface area contributed by atoms with E-state index in [1.807, 2.05) is 18.2 Å². The first-order valence-corrected chi connectivity index (χ1v) is 11.0. The van der Waals surface area contributed by atoms with Gasteiger partial charge in [0, 0.05) is 35.5 Å². The molecule has 0 aliphatic rings. The van der Waals surface area contributed by atoms with Gasteiger partial charge in [-0.3, -0.25) is 29.2 Å². The van der Waals surface area contributed by atoms with Crippen molar-refractivity contribution >= 4 is 28.9 Å². The smallest absolute Gasteiger partial charge is 0.295 e. The number of nitrogens with zero attached hydrogens (tertiary/aromatic N) is 3. The highest BCUT2D eigenvalue weighted by atomic mass is 16.6. The maximum atomic E-state index is 13.1. The molecule has 10 nitrogen and oxygen atoms in total. The number of aryl methyl sites for hydroxylation is 1. The van der Waals surface area contributed by atoms with Crippen molar-refractivity contribution in [2.75, 3.05) is 10.6 Å². The van der Waals surface area contributed by atoms with Gasteiger partial charge in [0.05, 0.1) is 16.3 Å². The molecule has 36 heavy (non-hydrogen) atoms. The fourth-order valence-electron chi connectivity index (χ4n) is 3.84. The molecule has 0 spiro atoms. The van der Waals surface area contributed by atoms with E-state index in [1.165, 1.54) is 28.9 Å². The van der Waals surface area contributed by atoms with Crippen LogP contribution in [0.15, 0.2) is 77.6 Å². The largest absolute Gasteiger partial charge is 0.322 e. The minimum absolute atomic E-state index is 0.0762. The summed E-state index contributed by atoms with van der Waals surface area (Å²) in [5.41, 5.74) is 2.16. The minimum Gasteiger partial charge on any atom is -0.322 e. The van der Waals surface area contributed by atoms with Crippen molar-refractivity contribution in [1.82, 2.24) is 9.36 Å². The van der Waals surface area contributed by atoms with Crippen LogP contribution in [-0.4, -0.2) is 26.1 Å². The van der Waals surface area contributed by atoms with Crippen LogP contribution in [0.1, 0.15) is 32.0 Å². The van der Waals surface area contributed by atoms with Crippen LogP contribution in [0.3, 0.4) is 0 Å². The number of nitrogens with one attached hydrogen (secondary N) is 2. The van der Waals surface area contributed by atoms with Crippen LogP contribution in [0.4, 0.5) is 17.1 Å². The van der Waals surface area contributed by atoms with E-state index >= 15 is 0 Å². The standard InChI is InChI=1S/C26H23N5O5/c1-16-14-19(12-13-22(16)31(35)36)24(32)27-20-9-7-8-18(15-20)25(33)28-23-17(2)29(3)30(26(23)34)21-10-5-4-6-11-21/h4-15H,1-3H3,(H,27,32)(H,28,33). The minimum atomic E-state index is -0.512. The Morgan fingerprint density at radius 2 is 1.53 bits per heavy atom. The predicted octanol–water partition coefficient (Wildman–Crippen LogP) is 4.21. The fraction of sp³-hybridized carbons (Fsp3) is 0.115. The third kappa shape index (κ3) is 4.64. The molecule has 2 amide bonds. The molecule has 4 aromatic rings. The summed E-state index contributed by atoms with van der Waals surface area (Å²) in [7, 11) is 1.73. The lowest BCUT2D eigenvalue weighted by Crippen LogP contribution is -2.23. The summed E-state index contributed by atoms with van der Waals surface area (Å²) in [4.78, 5) is 49.2. The number of anilines is 2. The van der Waals surface area contributed by atoms with Gasteiger partial charge in [0.1, 0.15) is 5.69 Å². The summed E-state index contributed by atoms with van der Waals surface area (Å²) in [6, 6.07) is 19.4. The zero-order chi connectivity index (χ0) is 26.0. The van der Waals surface area contributed by atoms with E-state index in [4.69, 9.17) is 0 Å². The first kappa shape index (κ1) is 24.1.